The number of para-hydroxylation sites is 1. The lowest BCUT2D eigenvalue weighted by molar-refractivity contribution is -0.117. The third kappa shape index (κ3) is 3.99. The van der Waals surface area contributed by atoms with Crippen molar-refractivity contribution in [2.24, 2.45) is 0 Å². The molecule has 0 unspecified atom stereocenters. The Labute approximate surface area is 166 Å². The van der Waals surface area contributed by atoms with E-state index >= 15 is 0 Å². The molecule has 0 aliphatic heterocycles. The fraction of sp³-hybridized carbons (Fsp3) is 0.250. The summed E-state index contributed by atoms with van der Waals surface area (Å²) >= 11 is 0. The van der Waals surface area contributed by atoms with Gasteiger partial charge in [-0.1, -0.05) is 55.5 Å². The van der Waals surface area contributed by atoms with Gasteiger partial charge >= 0.3 is 0 Å². The third-order valence-corrected chi connectivity index (χ3v) is 5.15. The van der Waals surface area contributed by atoms with Gasteiger partial charge < -0.3 is 9.88 Å². The van der Waals surface area contributed by atoms with E-state index in [4.69, 9.17) is 0 Å². The molecule has 3 aromatic rings. The molecule has 0 bridgehead atoms. The van der Waals surface area contributed by atoms with Crippen molar-refractivity contribution in [3.63, 3.8) is 0 Å². The number of carbonyl (C=O) groups is 1. The summed E-state index contributed by atoms with van der Waals surface area (Å²) in [6.07, 6.45) is 4.72. The van der Waals surface area contributed by atoms with Gasteiger partial charge in [-0.25, -0.2) is 0 Å². The average molecular weight is 371 g/mol. The summed E-state index contributed by atoms with van der Waals surface area (Å²) in [6, 6.07) is 20.0. The number of benzene rings is 2. The second-order valence-electron chi connectivity index (χ2n) is 7.04. The van der Waals surface area contributed by atoms with Crippen LogP contribution in [-0.4, -0.2) is 10.5 Å². The van der Waals surface area contributed by atoms with Crippen molar-refractivity contribution >= 4 is 22.9 Å². The quantitative estimate of drug-likeness (QED) is 0.466. The lowest BCUT2D eigenvalue weighted by Gasteiger charge is -2.13. The van der Waals surface area contributed by atoms with E-state index in [0.717, 1.165) is 28.5 Å². The lowest BCUT2D eigenvalue weighted by atomic mass is 10.1. The van der Waals surface area contributed by atoms with Gasteiger partial charge in [-0.05, 0) is 38.0 Å². The Morgan fingerprint density at radius 1 is 1.14 bits per heavy atom. The van der Waals surface area contributed by atoms with Crippen molar-refractivity contribution < 1.29 is 4.79 Å². The van der Waals surface area contributed by atoms with Crippen LogP contribution in [0.15, 0.2) is 66.4 Å². The molecule has 2 atom stereocenters. The highest BCUT2D eigenvalue weighted by Crippen LogP contribution is 2.27. The van der Waals surface area contributed by atoms with Crippen LogP contribution in [0.25, 0.3) is 17.0 Å². The summed E-state index contributed by atoms with van der Waals surface area (Å²) in [7, 11) is 0. The van der Waals surface area contributed by atoms with Gasteiger partial charge in [0.1, 0.15) is 11.6 Å². The monoisotopic (exact) mass is 371 g/mol. The van der Waals surface area contributed by atoms with Crippen LogP contribution >= 0.6 is 0 Å². The molecule has 2 aromatic carbocycles. The zero-order valence-corrected chi connectivity index (χ0v) is 16.5. The Kier molecular flexibility index (Phi) is 5.96. The van der Waals surface area contributed by atoms with Crippen LogP contribution in [0.5, 0.6) is 0 Å². The van der Waals surface area contributed by atoms with Gasteiger partial charge in [0.05, 0.1) is 6.04 Å². The Bertz CT molecular complexity index is 1040. The van der Waals surface area contributed by atoms with Gasteiger partial charge in [0.15, 0.2) is 0 Å². The number of fused-ring (bicyclic) bond motifs is 1. The molecule has 0 spiro atoms. The Balaban J connectivity index is 1.92. The SMILES string of the molecule is CC[C@@H](C)n1cc(/C=C(/C#N)C(=O)N[C@@H](C)c2ccccc2)c2ccccc21. The molecule has 1 aromatic heterocycles. The van der Waals surface area contributed by atoms with Gasteiger partial charge in [-0.15, -0.1) is 0 Å². The van der Waals surface area contributed by atoms with E-state index in [9.17, 15) is 10.1 Å². The van der Waals surface area contributed by atoms with Gasteiger partial charge in [-0.3, -0.25) is 4.79 Å². The van der Waals surface area contributed by atoms with Crippen LogP contribution in [0.2, 0.25) is 0 Å². The molecule has 0 fully saturated rings. The van der Waals surface area contributed by atoms with Crippen LogP contribution in [0, 0.1) is 11.3 Å². The van der Waals surface area contributed by atoms with Crippen LogP contribution < -0.4 is 5.32 Å². The summed E-state index contributed by atoms with van der Waals surface area (Å²) in [5.74, 6) is -0.362. The Morgan fingerprint density at radius 3 is 2.50 bits per heavy atom. The molecule has 0 aliphatic rings. The zero-order chi connectivity index (χ0) is 20.1. The second-order valence-corrected chi connectivity index (χ2v) is 7.04. The standard InChI is InChI=1S/C24H25N3O/c1-4-17(2)27-16-21(22-12-8-9-13-23(22)27)14-20(15-25)24(28)26-18(3)19-10-6-5-7-11-19/h5-14,16-18H,4H2,1-3H3,(H,26,28)/b20-14-/t17-,18+/m1/s1. The van der Waals surface area contributed by atoms with E-state index in [-0.39, 0.29) is 17.5 Å². The average Bonchev–Trinajstić information content (AvgIpc) is 3.10. The molecule has 1 heterocycles. The summed E-state index contributed by atoms with van der Waals surface area (Å²) in [6.45, 7) is 6.23. The second kappa shape index (κ2) is 8.58. The first kappa shape index (κ1) is 19.4. The van der Waals surface area contributed by atoms with Gasteiger partial charge in [0.2, 0.25) is 0 Å². The molecule has 4 nitrogen and oxygen atoms in total. The minimum Gasteiger partial charge on any atom is -0.345 e. The molecule has 1 N–H and O–H groups in total. The highest BCUT2D eigenvalue weighted by atomic mass is 16.1. The zero-order valence-electron chi connectivity index (χ0n) is 16.5. The fourth-order valence-corrected chi connectivity index (χ4v) is 3.31. The minimum absolute atomic E-state index is 0.106. The first-order valence-electron chi connectivity index (χ1n) is 9.62. The van der Waals surface area contributed by atoms with E-state index in [1.165, 1.54) is 0 Å². The number of hydrogen-bond acceptors (Lipinski definition) is 2. The lowest BCUT2D eigenvalue weighted by Crippen LogP contribution is -2.27. The van der Waals surface area contributed by atoms with Crippen molar-refractivity contribution in [3.8, 4) is 6.07 Å². The summed E-state index contributed by atoms with van der Waals surface area (Å²) in [4.78, 5) is 12.7. The molecular weight excluding hydrogens is 346 g/mol. The molecule has 0 aliphatic carbocycles. The molecule has 0 saturated carbocycles. The van der Waals surface area contributed by atoms with E-state index < -0.39 is 0 Å². The number of rotatable bonds is 6. The molecule has 0 saturated heterocycles. The van der Waals surface area contributed by atoms with Crippen molar-refractivity contribution in [2.75, 3.05) is 0 Å². The van der Waals surface area contributed by atoms with E-state index in [1.807, 2.05) is 61.7 Å². The van der Waals surface area contributed by atoms with Crippen LogP contribution in [0.1, 0.15) is 50.4 Å². The molecular formula is C24H25N3O. The number of aromatic nitrogens is 1. The predicted octanol–water partition coefficient (Wildman–Crippen LogP) is 5.40. The number of nitrogens with one attached hydrogen (secondary N) is 1. The van der Waals surface area contributed by atoms with Gasteiger partial charge in [-0.2, -0.15) is 5.26 Å². The highest BCUT2D eigenvalue weighted by molar-refractivity contribution is 6.04. The van der Waals surface area contributed by atoms with Crippen molar-refractivity contribution in [2.45, 2.75) is 39.3 Å². The van der Waals surface area contributed by atoms with Crippen LogP contribution in [0.4, 0.5) is 0 Å². The van der Waals surface area contributed by atoms with Crippen molar-refractivity contribution in [1.82, 2.24) is 9.88 Å². The topological polar surface area (TPSA) is 57.8 Å². The summed E-state index contributed by atoms with van der Waals surface area (Å²) < 4.78 is 2.21. The number of nitriles is 1. The van der Waals surface area contributed by atoms with Crippen LogP contribution in [0.3, 0.4) is 0 Å². The fourth-order valence-electron chi connectivity index (χ4n) is 3.31. The molecule has 3 rings (SSSR count). The van der Waals surface area contributed by atoms with E-state index in [0.29, 0.717) is 6.04 Å². The first-order chi connectivity index (χ1) is 13.5. The smallest absolute Gasteiger partial charge is 0.262 e. The predicted molar refractivity (Wildman–Crippen MR) is 114 cm³/mol. The van der Waals surface area contributed by atoms with Gasteiger partial charge in [0.25, 0.3) is 5.91 Å². The Morgan fingerprint density at radius 2 is 1.82 bits per heavy atom. The third-order valence-electron chi connectivity index (χ3n) is 5.15. The van der Waals surface area contributed by atoms with Crippen LogP contribution in [-0.2, 0) is 4.79 Å². The van der Waals surface area contributed by atoms with Crippen molar-refractivity contribution in [1.29, 1.82) is 5.26 Å². The summed E-state index contributed by atoms with van der Waals surface area (Å²) in [5.41, 5.74) is 3.10. The number of hydrogen-bond donors (Lipinski definition) is 1. The van der Waals surface area contributed by atoms with Gasteiger partial charge in [0, 0.05) is 28.7 Å². The minimum atomic E-state index is -0.362. The molecule has 4 heteroatoms. The Hall–Kier alpha value is -3.32. The van der Waals surface area contributed by atoms with E-state index in [2.05, 4.69) is 35.9 Å². The normalized spacial score (nSPS) is 13.7. The van der Waals surface area contributed by atoms with Crippen molar-refractivity contribution in [3.05, 3.63) is 77.5 Å². The summed E-state index contributed by atoms with van der Waals surface area (Å²) in [5, 5.41) is 13.6. The first-order valence-corrected chi connectivity index (χ1v) is 9.62. The molecule has 142 valence electrons. The molecule has 28 heavy (non-hydrogen) atoms. The highest BCUT2D eigenvalue weighted by Gasteiger charge is 2.16. The largest absolute Gasteiger partial charge is 0.345 e. The molecule has 1 amide bonds. The maximum atomic E-state index is 12.7. The number of nitrogens with zero attached hydrogens (tertiary/aromatic N) is 2. The van der Waals surface area contributed by atoms with E-state index in [1.54, 1.807) is 6.08 Å². The molecule has 0 radical (unpaired) electrons. The number of carbonyl (C=O) groups excluding carboxylic acids is 1. The number of amides is 1. The maximum Gasteiger partial charge on any atom is 0.262 e. The maximum absolute atomic E-state index is 12.7.